The molecule has 12 nitrogen and oxygen atoms in total. The lowest BCUT2D eigenvalue weighted by Gasteiger charge is -2.36. The smallest absolute Gasteiger partial charge is 0.323 e. The normalized spacial score (nSPS) is 19.5. The van der Waals surface area contributed by atoms with Crippen molar-refractivity contribution in [2.45, 2.75) is 65.0 Å². The minimum absolute atomic E-state index is 0.0349. The number of nitrogen functional groups attached to an aromatic ring is 1. The molecule has 0 fully saturated rings. The van der Waals surface area contributed by atoms with Crippen molar-refractivity contribution in [3.63, 3.8) is 0 Å². The molecular weight excluding hydrogens is 406 g/mol. The quantitative estimate of drug-likeness (QED) is 0.282. The van der Waals surface area contributed by atoms with Crippen LogP contribution in [0.4, 0.5) is 17.5 Å². The minimum atomic E-state index is -0.960. The summed E-state index contributed by atoms with van der Waals surface area (Å²) in [6.07, 6.45) is -1.83. The van der Waals surface area contributed by atoms with Crippen molar-refractivity contribution in [1.82, 2.24) is 9.97 Å². The van der Waals surface area contributed by atoms with E-state index in [1.807, 2.05) is 0 Å². The summed E-state index contributed by atoms with van der Waals surface area (Å²) in [5, 5.41) is 6.00. The molecule has 5 atom stereocenters. The van der Waals surface area contributed by atoms with E-state index in [4.69, 9.17) is 26.7 Å². The van der Waals surface area contributed by atoms with E-state index in [-0.39, 0.29) is 35.8 Å². The van der Waals surface area contributed by atoms with Gasteiger partial charge in [-0.05, 0) is 18.8 Å². The first-order valence-corrected chi connectivity index (χ1v) is 10.2. The summed E-state index contributed by atoms with van der Waals surface area (Å²) in [4.78, 5) is 43.7. The third-order valence-electron chi connectivity index (χ3n) is 5.15. The molecule has 0 radical (unpaired) electrons. The molecule has 0 spiro atoms. The molecule has 1 aliphatic heterocycles. The van der Waals surface area contributed by atoms with E-state index in [9.17, 15) is 14.4 Å². The highest BCUT2D eigenvalue weighted by atomic mass is 16.6. The van der Waals surface area contributed by atoms with E-state index in [0.29, 0.717) is 0 Å². The SMILES string of the molecule is CC(C)[C@H](N)C(=O)O[C@@H]([C@H](C)OC(=O)[C@@H](N)C(C)C)[C@H]1CNc2nc(N)[nH]c(=O)c2N1. The van der Waals surface area contributed by atoms with E-state index in [2.05, 4.69) is 20.6 Å². The fraction of sp³-hybridized carbons (Fsp3) is 0.684. The largest absolute Gasteiger partial charge is 0.457 e. The van der Waals surface area contributed by atoms with Gasteiger partial charge >= 0.3 is 11.9 Å². The van der Waals surface area contributed by atoms with Crippen LogP contribution in [0.15, 0.2) is 4.79 Å². The van der Waals surface area contributed by atoms with Crippen LogP contribution in [0.3, 0.4) is 0 Å². The van der Waals surface area contributed by atoms with Crippen molar-refractivity contribution in [2.75, 3.05) is 22.9 Å². The van der Waals surface area contributed by atoms with Crippen molar-refractivity contribution in [3.8, 4) is 0 Å². The number of rotatable bonds is 8. The number of hydrogen-bond acceptors (Lipinski definition) is 11. The lowest BCUT2D eigenvalue weighted by molar-refractivity contribution is -0.170. The molecule has 0 amide bonds. The summed E-state index contributed by atoms with van der Waals surface area (Å²) < 4.78 is 11.1. The molecule has 0 saturated heterocycles. The van der Waals surface area contributed by atoms with Crippen LogP contribution in [-0.2, 0) is 19.1 Å². The number of hydrogen-bond donors (Lipinski definition) is 6. The zero-order valence-electron chi connectivity index (χ0n) is 18.5. The monoisotopic (exact) mass is 439 g/mol. The van der Waals surface area contributed by atoms with Crippen LogP contribution >= 0.6 is 0 Å². The maximum Gasteiger partial charge on any atom is 0.323 e. The van der Waals surface area contributed by atoms with Gasteiger partial charge in [-0.25, -0.2) is 0 Å². The molecule has 0 bridgehead atoms. The van der Waals surface area contributed by atoms with Crippen molar-refractivity contribution < 1.29 is 19.1 Å². The second-order valence-corrected chi connectivity index (χ2v) is 8.39. The molecule has 31 heavy (non-hydrogen) atoms. The Morgan fingerprint density at radius 3 is 2.13 bits per heavy atom. The van der Waals surface area contributed by atoms with Crippen molar-refractivity contribution >= 4 is 29.4 Å². The molecule has 0 aromatic carbocycles. The van der Waals surface area contributed by atoms with Crippen LogP contribution in [-0.4, -0.2) is 58.8 Å². The summed E-state index contributed by atoms with van der Waals surface area (Å²) >= 11 is 0. The summed E-state index contributed by atoms with van der Waals surface area (Å²) in [5.74, 6) is -1.32. The van der Waals surface area contributed by atoms with Gasteiger partial charge in [-0.1, -0.05) is 27.7 Å². The highest BCUT2D eigenvalue weighted by Gasteiger charge is 2.38. The van der Waals surface area contributed by atoms with Gasteiger partial charge in [-0.15, -0.1) is 0 Å². The van der Waals surface area contributed by atoms with Gasteiger partial charge in [0.25, 0.3) is 5.56 Å². The number of H-pyrrole nitrogens is 1. The van der Waals surface area contributed by atoms with E-state index in [1.54, 1.807) is 34.6 Å². The molecule has 2 rings (SSSR count). The van der Waals surface area contributed by atoms with Crippen LogP contribution in [0.5, 0.6) is 0 Å². The van der Waals surface area contributed by atoms with Crippen molar-refractivity contribution in [3.05, 3.63) is 10.4 Å². The lowest BCUT2D eigenvalue weighted by atomic mass is 10.0. The maximum absolute atomic E-state index is 12.6. The average Bonchev–Trinajstić information content (AvgIpc) is 2.69. The van der Waals surface area contributed by atoms with Gasteiger partial charge in [0, 0.05) is 6.54 Å². The van der Waals surface area contributed by atoms with Gasteiger partial charge in [0.05, 0.1) is 6.04 Å². The Hall–Kier alpha value is -2.86. The topological polar surface area (TPSA) is 200 Å². The molecule has 12 heteroatoms. The second kappa shape index (κ2) is 9.96. The van der Waals surface area contributed by atoms with Gasteiger partial charge in [0.15, 0.2) is 11.9 Å². The second-order valence-electron chi connectivity index (χ2n) is 8.39. The van der Waals surface area contributed by atoms with Gasteiger partial charge in [-0.2, -0.15) is 4.98 Å². The highest BCUT2D eigenvalue weighted by Crippen LogP contribution is 2.24. The molecule has 9 N–H and O–H groups in total. The molecule has 1 aromatic heterocycles. The number of carbonyl (C=O) groups is 2. The fourth-order valence-corrected chi connectivity index (χ4v) is 2.98. The third-order valence-corrected chi connectivity index (χ3v) is 5.15. The number of aromatic nitrogens is 2. The molecule has 2 heterocycles. The summed E-state index contributed by atoms with van der Waals surface area (Å²) in [7, 11) is 0. The molecule has 0 unspecified atom stereocenters. The summed E-state index contributed by atoms with van der Waals surface area (Å²) in [6.45, 7) is 8.98. The Morgan fingerprint density at radius 1 is 1.03 bits per heavy atom. The number of nitrogens with one attached hydrogen (secondary N) is 3. The van der Waals surface area contributed by atoms with Gasteiger partial charge in [0.1, 0.15) is 23.9 Å². The Kier molecular flexibility index (Phi) is 7.85. The minimum Gasteiger partial charge on any atom is -0.457 e. The molecule has 0 saturated carbocycles. The van der Waals surface area contributed by atoms with Gasteiger partial charge in [-0.3, -0.25) is 19.4 Å². The predicted molar refractivity (Wildman–Crippen MR) is 116 cm³/mol. The number of fused-ring (bicyclic) bond motifs is 1. The number of anilines is 3. The molecule has 174 valence electrons. The Labute approximate surface area is 180 Å². The molecule has 1 aromatic rings. The first-order chi connectivity index (χ1) is 14.4. The first-order valence-electron chi connectivity index (χ1n) is 10.2. The van der Waals surface area contributed by atoms with Crippen molar-refractivity contribution in [2.24, 2.45) is 23.3 Å². The number of aromatic amines is 1. The van der Waals surface area contributed by atoms with Crippen LogP contribution in [0.2, 0.25) is 0 Å². The molecule has 0 aliphatic carbocycles. The van der Waals surface area contributed by atoms with Crippen molar-refractivity contribution in [1.29, 1.82) is 0 Å². The van der Waals surface area contributed by atoms with Crippen LogP contribution in [0.1, 0.15) is 34.6 Å². The van der Waals surface area contributed by atoms with Crippen LogP contribution < -0.4 is 33.4 Å². The number of nitrogens with zero attached hydrogens (tertiary/aromatic N) is 1. The fourth-order valence-electron chi connectivity index (χ4n) is 2.98. The molecular formula is C19H33N7O5. The number of ether oxygens (including phenoxy) is 2. The van der Waals surface area contributed by atoms with Crippen LogP contribution in [0, 0.1) is 11.8 Å². The Bertz CT molecular complexity index is 857. The predicted octanol–water partition coefficient (Wildman–Crippen LogP) is -0.632. The lowest BCUT2D eigenvalue weighted by Crippen LogP contribution is -2.54. The summed E-state index contributed by atoms with van der Waals surface area (Å²) in [5.41, 5.74) is 17.0. The van der Waals surface area contributed by atoms with E-state index < -0.39 is 47.8 Å². The first kappa shape index (κ1) is 24.4. The number of esters is 2. The average molecular weight is 440 g/mol. The third kappa shape index (κ3) is 5.85. The number of nitrogens with two attached hydrogens (primary N) is 3. The van der Waals surface area contributed by atoms with E-state index in [1.165, 1.54) is 0 Å². The standard InChI is InChI=1S/C19H33N7O5/c1-7(2)11(20)17(28)30-9(5)14(31-18(29)12(21)8(3)4)10-6-23-15-13(24-10)16(27)26-19(22)25-15/h7-12,14,24H,6,20-21H2,1-5H3,(H4,22,23,25,26,27)/t9-,10+,11-,12-,14-/m0/s1. The number of carbonyl (C=O) groups excluding carboxylic acids is 2. The van der Waals surface area contributed by atoms with Gasteiger partial charge < -0.3 is 37.3 Å². The zero-order valence-corrected chi connectivity index (χ0v) is 18.5. The Morgan fingerprint density at radius 2 is 1.58 bits per heavy atom. The van der Waals surface area contributed by atoms with E-state index >= 15 is 0 Å². The van der Waals surface area contributed by atoms with E-state index in [0.717, 1.165) is 0 Å². The van der Waals surface area contributed by atoms with Gasteiger partial charge in [0.2, 0.25) is 5.95 Å². The van der Waals surface area contributed by atoms with Crippen LogP contribution in [0.25, 0.3) is 0 Å². The maximum atomic E-state index is 12.6. The molecule has 1 aliphatic rings. The highest BCUT2D eigenvalue weighted by molar-refractivity contribution is 5.77. The Balaban J connectivity index is 2.28. The summed E-state index contributed by atoms with van der Waals surface area (Å²) in [6, 6.07) is -2.32. The zero-order chi connectivity index (χ0) is 23.5.